The molecule has 1 heterocycles. The van der Waals surface area contributed by atoms with Crippen LogP contribution >= 0.6 is 0 Å². The Morgan fingerprint density at radius 2 is 1.76 bits per heavy atom. The molecule has 0 spiro atoms. The predicted octanol–water partition coefficient (Wildman–Crippen LogP) is 4.93. The fourth-order valence-corrected chi connectivity index (χ4v) is 3.35. The van der Waals surface area contributed by atoms with Crippen molar-refractivity contribution in [3.05, 3.63) is 42.2 Å². The minimum atomic E-state index is -0.378. The third-order valence-corrected chi connectivity index (χ3v) is 4.60. The van der Waals surface area contributed by atoms with Gasteiger partial charge in [-0.15, -0.1) is 0 Å². The van der Waals surface area contributed by atoms with Gasteiger partial charge in [-0.1, -0.05) is 58.4 Å². The molecule has 0 saturated carbocycles. The van der Waals surface area contributed by atoms with E-state index in [0.29, 0.717) is 6.42 Å². The van der Waals surface area contributed by atoms with E-state index in [9.17, 15) is 4.79 Å². The van der Waals surface area contributed by atoms with Crippen molar-refractivity contribution in [2.75, 3.05) is 0 Å². The molecule has 3 nitrogen and oxygen atoms in total. The van der Waals surface area contributed by atoms with Crippen LogP contribution in [0, 0.1) is 5.41 Å². The number of pyridine rings is 1. The second-order valence-corrected chi connectivity index (χ2v) is 8.67. The van der Waals surface area contributed by atoms with Crippen molar-refractivity contribution in [1.82, 2.24) is 10.3 Å². The molecule has 1 aromatic carbocycles. The maximum absolute atomic E-state index is 13.0. The van der Waals surface area contributed by atoms with E-state index in [1.165, 1.54) is 5.39 Å². The van der Waals surface area contributed by atoms with Crippen molar-refractivity contribution < 1.29 is 4.79 Å². The normalized spacial score (nSPS) is 13.8. The van der Waals surface area contributed by atoms with Crippen molar-refractivity contribution in [2.24, 2.45) is 5.41 Å². The monoisotopic (exact) mass is 340 g/mol. The quantitative estimate of drug-likeness (QED) is 0.777. The third kappa shape index (κ3) is 5.37. The number of hydrogen-bond acceptors (Lipinski definition) is 3. The van der Waals surface area contributed by atoms with E-state index in [0.717, 1.165) is 23.9 Å². The first-order valence-corrected chi connectivity index (χ1v) is 9.28. The molecule has 1 atom stereocenters. The number of rotatable bonds is 7. The molecule has 0 unspecified atom stereocenters. The average Bonchev–Trinajstić information content (AvgIpc) is 2.52. The Balaban J connectivity index is 2.28. The van der Waals surface area contributed by atoms with Gasteiger partial charge >= 0.3 is 0 Å². The molecule has 0 aliphatic rings. The van der Waals surface area contributed by atoms with Crippen LogP contribution in [0.25, 0.3) is 10.8 Å². The van der Waals surface area contributed by atoms with Crippen molar-refractivity contribution in [2.45, 2.75) is 72.4 Å². The molecule has 0 amide bonds. The van der Waals surface area contributed by atoms with Gasteiger partial charge in [0.15, 0.2) is 5.78 Å². The minimum absolute atomic E-state index is 0.0722. The largest absolute Gasteiger partial charge is 0.302 e. The standard InChI is InChI=1S/C22H32N2O/c1-7-12-22(5,6)24-19(20(25)21(2,3)4)14-18-13-16-10-8-9-11-17(16)15-23-18/h8-11,13,15,19,24H,7,12,14H2,1-6H3/t19-/m0/s1. The van der Waals surface area contributed by atoms with E-state index in [-0.39, 0.29) is 22.8 Å². The number of nitrogens with zero attached hydrogens (tertiary/aromatic N) is 1. The third-order valence-electron chi connectivity index (χ3n) is 4.60. The van der Waals surface area contributed by atoms with Gasteiger partial charge in [-0.05, 0) is 31.7 Å². The van der Waals surface area contributed by atoms with Crippen LogP contribution in [-0.2, 0) is 11.2 Å². The zero-order chi connectivity index (χ0) is 18.7. The van der Waals surface area contributed by atoms with Crippen molar-refractivity contribution in [3.8, 4) is 0 Å². The van der Waals surface area contributed by atoms with Gasteiger partial charge < -0.3 is 5.32 Å². The van der Waals surface area contributed by atoms with Crippen molar-refractivity contribution >= 4 is 16.6 Å². The minimum Gasteiger partial charge on any atom is -0.302 e. The lowest BCUT2D eigenvalue weighted by Gasteiger charge is -2.34. The number of carbonyl (C=O) groups is 1. The number of nitrogens with one attached hydrogen (secondary N) is 1. The molecule has 0 bridgehead atoms. The van der Waals surface area contributed by atoms with Crippen LogP contribution in [0.15, 0.2) is 36.5 Å². The first kappa shape index (κ1) is 19.6. The summed E-state index contributed by atoms with van der Waals surface area (Å²) in [6.07, 6.45) is 4.64. The Bertz CT molecular complexity index is 728. The molecule has 25 heavy (non-hydrogen) atoms. The van der Waals surface area contributed by atoms with Crippen LogP contribution in [0.5, 0.6) is 0 Å². The van der Waals surface area contributed by atoms with E-state index in [1.807, 2.05) is 39.1 Å². The molecule has 1 N–H and O–H groups in total. The number of Topliss-reactive ketones (excluding diaryl/α,β-unsaturated/α-hetero) is 1. The molecular weight excluding hydrogens is 308 g/mol. The Morgan fingerprint density at radius 3 is 2.36 bits per heavy atom. The Labute approximate surface area is 152 Å². The summed E-state index contributed by atoms with van der Waals surface area (Å²) in [5, 5.41) is 5.91. The van der Waals surface area contributed by atoms with Crippen LogP contribution in [-0.4, -0.2) is 22.3 Å². The maximum Gasteiger partial charge on any atom is 0.155 e. The lowest BCUT2D eigenvalue weighted by atomic mass is 9.83. The van der Waals surface area contributed by atoms with Crippen LogP contribution < -0.4 is 5.32 Å². The fourth-order valence-electron chi connectivity index (χ4n) is 3.35. The van der Waals surface area contributed by atoms with Crippen molar-refractivity contribution in [3.63, 3.8) is 0 Å². The van der Waals surface area contributed by atoms with Crippen molar-refractivity contribution in [1.29, 1.82) is 0 Å². The topological polar surface area (TPSA) is 42.0 Å². The van der Waals surface area contributed by atoms with Gasteiger partial charge in [0.25, 0.3) is 0 Å². The Kier molecular flexibility index (Phi) is 5.99. The molecule has 2 rings (SSSR count). The van der Waals surface area contributed by atoms with E-state index in [2.05, 4.69) is 49.3 Å². The summed E-state index contributed by atoms with van der Waals surface area (Å²) in [6.45, 7) is 12.5. The number of aromatic nitrogens is 1. The van der Waals surface area contributed by atoms with Gasteiger partial charge in [0.2, 0.25) is 0 Å². The molecular formula is C22H32N2O. The molecule has 0 aliphatic carbocycles. The molecule has 3 heteroatoms. The van der Waals surface area contributed by atoms with E-state index < -0.39 is 0 Å². The summed E-state index contributed by atoms with van der Waals surface area (Å²) in [6, 6.07) is 10.1. The zero-order valence-electron chi connectivity index (χ0n) is 16.5. The highest BCUT2D eigenvalue weighted by atomic mass is 16.1. The van der Waals surface area contributed by atoms with Crippen LogP contribution in [0.4, 0.5) is 0 Å². The summed E-state index contributed by atoms with van der Waals surface area (Å²) in [5.74, 6) is 0.242. The number of hydrogen-bond donors (Lipinski definition) is 1. The van der Waals surface area contributed by atoms with Crippen LogP contribution in [0.3, 0.4) is 0 Å². The zero-order valence-corrected chi connectivity index (χ0v) is 16.5. The van der Waals surface area contributed by atoms with Gasteiger partial charge in [0, 0.05) is 34.7 Å². The summed E-state index contributed by atoms with van der Waals surface area (Å²) < 4.78 is 0. The lowest BCUT2D eigenvalue weighted by molar-refractivity contribution is -0.129. The lowest BCUT2D eigenvalue weighted by Crippen LogP contribution is -2.53. The van der Waals surface area contributed by atoms with E-state index >= 15 is 0 Å². The SMILES string of the molecule is CCCC(C)(C)N[C@@H](Cc1cc2ccccc2cn1)C(=O)C(C)(C)C. The number of fused-ring (bicyclic) bond motifs is 1. The van der Waals surface area contributed by atoms with Crippen LogP contribution in [0.1, 0.15) is 60.1 Å². The smallest absolute Gasteiger partial charge is 0.155 e. The molecule has 0 saturated heterocycles. The average molecular weight is 341 g/mol. The highest BCUT2D eigenvalue weighted by molar-refractivity contribution is 5.89. The fraction of sp³-hybridized carbons (Fsp3) is 0.545. The molecule has 0 radical (unpaired) electrons. The second-order valence-electron chi connectivity index (χ2n) is 8.67. The van der Waals surface area contributed by atoms with Crippen LogP contribution in [0.2, 0.25) is 0 Å². The number of ketones is 1. The van der Waals surface area contributed by atoms with Gasteiger partial charge in [0.05, 0.1) is 6.04 Å². The first-order chi connectivity index (χ1) is 11.6. The maximum atomic E-state index is 13.0. The predicted molar refractivity (Wildman–Crippen MR) is 106 cm³/mol. The molecule has 0 aliphatic heterocycles. The summed E-state index contributed by atoms with van der Waals surface area (Å²) >= 11 is 0. The number of carbonyl (C=O) groups excluding carboxylic acids is 1. The van der Waals surface area contributed by atoms with E-state index in [4.69, 9.17) is 0 Å². The Morgan fingerprint density at radius 1 is 1.12 bits per heavy atom. The molecule has 1 aromatic heterocycles. The summed E-state index contributed by atoms with van der Waals surface area (Å²) in [7, 11) is 0. The van der Waals surface area contributed by atoms with E-state index in [1.54, 1.807) is 0 Å². The summed E-state index contributed by atoms with van der Waals surface area (Å²) in [4.78, 5) is 17.6. The van der Waals surface area contributed by atoms with Gasteiger partial charge in [-0.25, -0.2) is 0 Å². The number of benzene rings is 1. The highest BCUT2D eigenvalue weighted by Crippen LogP contribution is 2.23. The van der Waals surface area contributed by atoms with Gasteiger partial charge in [-0.2, -0.15) is 0 Å². The first-order valence-electron chi connectivity index (χ1n) is 9.28. The van der Waals surface area contributed by atoms with Gasteiger partial charge in [0.1, 0.15) is 0 Å². The molecule has 136 valence electrons. The molecule has 0 fully saturated rings. The molecule has 2 aromatic rings. The Hall–Kier alpha value is -1.74. The second kappa shape index (κ2) is 7.65. The van der Waals surface area contributed by atoms with Gasteiger partial charge in [-0.3, -0.25) is 9.78 Å². The summed E-state index contributed by atoms with van der Waals surface area (Å²) in [5.41, 5.74) is 0.509. The highest BCUT2D eigenvalue weighted by Gasteiger charge is 2.33.